The van der Waals surface area contributed by atoms with Crippen molar-refractivity contribution >= 4 is 26.2 Å². The van der Waals surface area contributed by atoms with Gasteiger partial charge in [-0.3, -0.25) is 19.1 Å². The maximum absolute atomic E-state index is 12.4. The highest BCUT2D eigenvalue weighted by molar-refractivity contribution is 6.74. The summed E-state index contributed by atoms with van der Waals surface area (Å²) in [5, 5.41) is -0.209. The van der Waals surface area contributed by atoms with Crippen molar-refractivity contribution in [1.82, 2.24) is 0 Å². The monoisotopic (exact) mass is 752 g/mol. The molecule has 4 aliphatic heterocycles. The molecular weight excluding hydrogens is 700 g/mol. The molecular formula is C36H52O15Si. The zero-order valence-electron chi connectivity index (χ0n) is 31.3. The van der Waals surface area contributed by atoms with Gasteiger partial charge in [-0.25, -0.2) is 0 Å². The van der Waals surface area contributed by atoms with Crippen LogP contribution in [-0.4, -0.2) is 113 Å². The molecule has 4 fully saturated rings. The molecule has 0 aromatic heterocycles. The molecule has 15 nitrogen and oxygen atoms in total. The number of fused-ring (bicyclic) bond motifs is 2. The number of carbonyl (C=O) groups is 3. The van der Waals surface area contributed by atoms with E-state index in [1.807, 2.05) is 30.3 Å². The molecule has 0 aliphatic carbocycles. The molecule has 5 rings (SSSR count). The Balaban J connectivity index is 1.50. The Morgan fingerprint density at radius 2 is 1.58 bits per heavy atom. The van der Waals surface area contributed by atoms with E-state index in [-0.39, 0.29) is 24.9 Å². The Bertz CT molecular complexity index is 1420. The summed E-state index contributed by atoms with van der Waals surface area (Å²) in [6, 6.07) is 9.56. The predicted molar refractivity (Wildman–Crippen MR) is 183 cm³/mol. The van der Waals surface area contributed by atoms with E-state index < -0.39 is 99.9 Å². The van der Waals surface area contributed by atoms with Crippen LogP contribution in [0.3, 0.4) is 0 Å². The average molecular weight is 753 g/mol. The first-order chi connectivity index (χ1) is 24.4. The molecule has 4 heterocycles. The zero-order valence-corrected chi connectivity index (χ0v) is 32.3. The van der Waals surface area contributed by atoms with E-state index in [1.165, 1.54) is 27.7 Å². The summed E-state index contributed by atoms with van der Waals surface area (Å²) < 4.78 is 74.5. The van der Waals surface area contributed by atoms with E-state index in [1.54, 1.807) is 6.08 Å². The van der Waals surface area contributed by atoms with Gasteiger partial charge in [0.1, 0.15) is 37.1 Å². The van der Waals surface area contributed by atoms with Gasteiger partial charge >= 0.3 is 17.9 Å². The molecule has 0 amide bonds. The van der Waals surface area contributed by atoms with E-state index >= 15 is 0 Å². The maximum atomic E-state index is 12.4. The second-order valence-electron chi connectivity index (χ2n) is 14.8. The van der Waals surface area contributed by atoms with Crippen molar-refractivity contribution in [1.29, 1.82) is 0 Å². The number of rotatable bonds is 12. The Labute approximate surface area is 305 Å². The molecule has 1 aromatic carbocycles. The first-order valence-electron chi connectivity index (χ1n) is 17.5. The Kier molecular flexibility index (Phi) is 12.7. The normalized spacial score (nSPS) is 36.2. The zero-order chi connectivity index (χ0) is 38.0. The van der Waals surface area contributed by atoms with Crippen LogP contribution in [0.15, 0.2) is 43.0 Å². The molecule has 4 aliphatic rings. The third-order valence-electron chi connectivity index (χ3n) is 9.65. The highest BCUT2D eigenvalue weighted by Gasteiger charge is 2.62. The van der Waals surface area contributed by atoms with E-state index in [2.05, 4.69) is 40.4 Å². The van der Waals surface area contributed by atoms with Crippen molar-refractivity contribution in [3.8, 4) is 0 Å². The molecule has 2 unspecified atom stereocenters. The Hall–Kier alpha value is -2.77. The lowest BCUT2D eigenvalue weighted by molar-refractivity contribution is -0.420. The number of esters is 3. The van der Waals surface area contributed by atoms with Gasteiger partial charge in [-0.2, -0.15) is 0 Å². The van der Waals surface area contributed by atoms with E-state index in [0.717, 1.165) is 5.56 Å². The van der Waals surface area contributed by atoms with Crippen LogP contribution in [0.4, 0.5) is 0 Å². The summed E-state index contributed by atoms with van der Waals surface area (Å²) in [5.41, 5.74) is 0.826. The number of carbonyl (C=O) groups excluding carboxylic acids is 3. The van der Waals surface area contributed by atoms with Crippen LogP contribution in [0.2, 0.25) is 18.1 Å². The largest absolute Gasteiger partial charge is 0.463 e. The van der Waals surface area contributed by atoms with Gasteiger partial charge in [-0.15, -0.1) is 6.58 Å². The standard InChI is InChI=1S/C36H52O15Si/c1-11-17-40-33-31(29(51-52(9,10)35(5,6)7)27-25(45-33)19-42-32(47-27)23-15-13-12-14-16-23)49-36(8)48-30-28(44-22(4)39)26(43-21(3)38)24(18-41-20(2)37)46-34(30)50-36/h11-16,24-34H,1,17-19H2,2-10H3/t24-,25-,26+,27-,28+,29+,30-,31-,32?,33+,34-,36?/m1/s1. The summed E-state index contributed by atoms with van der Waals surface area (Å²) in [7, 11) is -2.55. The lowest BCUT2D eigenvalue weighted by Gasteiger charge is -2.52. The molecule has 12 atom stereocenters. The van der Waals surface area contributed by atoms with Gasteiger partial charge in [0, 0.05) is 33.3 Å². The SMILES string of the molecule is C=CCO[C@H]1O[C@@H]2COC(c3ccccc3)O[C@H]2[C@H](O[Si](C)(C)C(C)(C)C)[C@H]1OC1(C)O[C@H]2O[C@H](COC(C)=O)[C@H](OC(C)=O)[C@H](OC(C)=O)[C@H]2O1. The summed E-state index contributed by atoms with van der Waals surface area (Å²) in [6.45, 7) is 19.6. The van der Waals surface area contributed by atoms with Gasteiger partial charge in [0.25, 0.3) is 5.97 Å². The predicted octanol–water partition coefficient (Wildman–Crippen LogP) is 4.04. The minimum absolute atomic E-state index is 0.117. The summed E-state index contributed by atoms with van der Waals surface area (Å²) >= 11 is 0. The molecule has 0 radical (unpaired) electrons. The summed E-state index contributed by atoms with van der Waals surface area (Å²) in [4.78, 5) is 36.3. The minimum atomic E-state index is -2.55. The second kappa shape index (κ2) is 16.3. The number of ether oxygens (including phenoxy) is 11. The topological polar surface area (TPSA) is 162 Å². The molecule has 16 heteroatoms. The minimum Gasteiger partial charge on any atom is -0.463 e. The molecule has 0 bridgehead atoms. The van der Waals surface area contributed by atoms with Crippen molar-refractivity contribution in [2.45, 2.75) is 140 Å². The fourth-order valence-electron chi connectivity index (χ4n) is 6.28. The first kappa shape index (κ1) is 40.4. The molecule has 0 saturated carbocycles. The third-order valence-corrected chi connectivity index (χ3v) is 14.1. The van der Waals surface area contributed by atoms with Gasteiger partial charge in [0.15, 0.2) is 45.5 Å². The van der Waals surface area contributed by atoms with Crippen molar-refractivity contribution < 1.29 is 70.9 Å². The Morgan fingerprint density at radius 1 is 0.904 bits per heavy atom. The smallest absolute Gasteiger partial charge is 0.303 e. The van der Waals surface area contributed by atoms with E-state index in [0.29, 0.717) is 0 Å². The average Bonchev–Trinajstić information content (AvgIpc) is 3.40. The van der Waals surface area contributed by atoms with E-state index in [9.17, 15) is 14.4 Å². The third kappa shape index (κ3) is 9.29. The second-order valence-corrected chi connectivity index (χ2v) is 19.6. The fourth-order valence-corrected chi connectivity index (χ4v) is 7.58. The van der Waals surface area contributed by atoms with Crippen LogP contribution < -0.4 is 0 Å². The van der Waals surface area contributed by atoms with Gasteiger partial charge in [-0.1, -0.05) is 57.2 Å². The van der Waals surface area contributed by atoms with E-state index in [4.69, 9.17) is 56.5 Å². The van der Waals surface area contributed by atoms with Gasteiger partial charge in [0.2, 0.25) is 0 Å². The highest BCUT2D eigenvalue weighted by atomic mass is 28.4. The summed E-state index contributed by atoms with van der Waals surface area (Å²) in [6.07, 6.45) is -9.10. The van der Waals surface area contributed by atoms with Gasteiger partial charge < -0.3 is 51.8 Å². The van der Waals surface area contributed by atoms with Gasteiger partial charge in [0.05, 0.1) is 13.2 Å². The summed E-state index contributed by atoms with van der Waals surface area (Å²) in [5.74, 6) is -3.83. The molecule has 52 heavy (non-hydrogen) atoms. The van der Waals surface area contributed by atoms with Crippen molar-refractivity contribution in [2.24, 2.45) is 0 Å². The van der Waals surface area contributed by atoms with Crippen LogP contribution >= 0.6 is 0 Å². The van der Waals surface area contributed by atoms with Crippen LogP contribution in [-0.2, 0) is 70.9 Å². The molecule has 290 valence electrons. The molecule has 1 aromatic rings. The molecule has 4 saturated heterocycles. The van der Waals surface area contributed by atoms with Crippen molar-refractivity contribution in [3.63, 3.8) is 0 Å². The number of hydrogen-bond acceptors (Lipinski definition) is 15. The molecule has 0 spiro atoms. The number of benzene rings is 1. The van der Waals surface area contributed by atoms with Crippen LogP contribution in [0.1, 0.15) is 60.3 Å². The van der Waals surface area contributed by atoms with Crippen molar-refractivity contribution in [2.75, 3.05) is 19.8 Å². The lowest BCUT2D eigenvalue weighted by atomic mass is 9.97. The quantitative estimate of drug-likeness (QED) is 0.130. The number of hydrogen-bond donors (Lipinski definition) is 0. The maximum Gasteiger partial charge on any atom is 0.303 e. The lowest BCUT2D eigenvalue weighted by Crippen LogP contribution is -2.67. The van der Waals surface area contributed by atoms with Crippen LogP contribution in [0.5, 0.6) is 0 Å². The van der Waals surface area contributed by atoms with Crippen LogP contribution in [0.25, 0.3) is 0 Å². The Morgan fingerprint density at radius 3 is 2.19 bits per heavy atom. The first-order valence-corrected chi connectivity index (χ1v) is 20.4. The van der Waals surface area contributed by atoms with Crippen molar-refractivity contribution in [3.05, 3.63) is 48.6 Å². The van der Waals surface area contributed by atoms with Gasteiger partial charge in [-0.05, 0) is 18.1 Å². The van der Waals surface area contributed by atoms with Crippen LogP contribution in [0, 0.1) is 0 Å². The highest BCUT2D eigenvalue weighted by Crippen LogP contribution is 2.46. The molecule has 0 N–H and O–H groups in total. The fraction of sp³-hybridized carbons (Fsp3) is 0.694.